The molecule has 1 aromatic heterocycles. The van der Waals surface area contributed by atoms with Crippen LogP contribution in [0.2, 0.25) is 5.02 Å². The molecular formula is C30H29BrClF2N3O4. The number of hydrogen-bond donors (Lipinski definition) is 0. The summed E-state index contributed by atoms with van der Waals surface area (Å²) in [5.74, 6) is -3.54. The van der Waals surface area contributed by atoms with E-state index in [1.165, 1.54) is 17.6 Å². The van der Waals surface area contributed by atoms with Crippen LogP contribution in [0.3, 0.4) is 0 Å². The molecule has 5 rings (SSSR count). The van der Waals surface area contributed by atoms with Gasteiger partial charge < -0.3 is 9.64 Å². The molecule has 1 fully saturated rings. The van der Waals surface area contributed by atoms with Crippen LogP contribution >= 0.6 is 27.5 Å². The lowest BCUT2D eigenvalue weighted by molar-refractivity contribution is -0.134. The number of aryl methyl sites for hydroxylation is 1. The minimum Gasteiger partial charge on any atom is -0.461 e. The molecule has 1 aliphatic heterocycles. The highest BCUT2D eigenvalue weighted by atomic mass is 79.9. The molecule has 0 spiro atoms. The van der Waals surface area contributed by atoms with Crippen LogP contribution in [-0.2, 0) is 13.0 Å². The fraction of sp³-hybridized carbons (Fsp3) is 0.400. The second kappa shape index (κ2) is 10.9. The van der Waals surface area contributed by atoms with Crippen molar-refractivity contribution in [1.82, 2.24) is 14.5 Å². The first-order valence-electron chi connectivity index (χ1n) is 13.3. The number of halogens is 4. The van der Waals surface area contributed by atoms with Gasteiger partial charge in [-0.15, -0.1) is 0 Å². The number of ether oxygens (including phenoxy) is 1. The molecule has 0 radical (unpaired) electrons. The Hall–Kier alpha value is -3.11. The second-order valence-electron chi connectivity index (χ2n) is 11.0. The van der Waals surface area contributed by atoms with E-state index in [1.807, 2.05) is 19.9 Å². The van der Waals surface area contributed by atoms with Crippen LogP contribution in [0, 0.1) is 12.8 Å². The molecule has 1 amide bonds. The third-order valence-corrected chi connectivity index (χ3v) is 9.11. The summed E-state index contributed by atoms with van der Waals surface area (Å²) in [5, 5.41) is 0.139. The minimum absolute atomic E-state index is 0.0732. The lowest BCUT2D eigenvalue weighted by atomic mass is 9.78. The standard InChI is InChI=1S/C30H29BrClF2N3O4/c1-15-9-20(5-7-23(15)31)27(39)36-14-25-22(10-16(36)2)28(40)37(26-8-6-19(17(3)38)11-24(26)32)29(35-25)41-18(4)21-12-30(33,34)13-21/h5-9,11,16,18,21H,10,12-14H2,1-4H3. The van der Waals surface area contributed by atoms with Crippen LogP contribution in [0.15, 0.2) is 45.7 Å². The molecule has 0 N–H and O–H groups in total. The third kappa shape index (κ3) is 5.68. The van der Waals surface area contributed by atoms with Crippen molar-refractivity contribution in [1.29, 1.82) is 0 Å². The summed E-state index contributed by atoms with van der Waals surface area (Å²) >= 11 is 10.0. The average Bonchev–Trinajstić information content (AvgIpc) is 2.89. The number of Topliss-reactive ketones (excluding diaryl/α,β-unsaturated/α-hetero) is 1. The van der Waals surface area contributed by atoms with Crippen molar-refractivity contribution in [3.05, 3.63) is 84.2 Å². The summed E-state index contributed by atoms with van der Waals surface area (Å²) < 4.78 is 35.4. The van der Waals surface area contributed by atoms with E-state index in [0.29, 0.717) is 22.4 Å². The summed E-state index contributed by atoms with van der Waals surface area (Å²) in [6, 6.07) is 9.52. The zero-order valence-corrected chi connectivity index (χ0v) is 25.4. The Kier molecular flexibility index (Phi) is 7.84. The van der Waals surface area contributed by atoms with E-state index in [1.54, 1.807) is 36.1 Å². The molecule has 0 saturated heterocycles. The fourth-order valence-electron chi connectivity index (χ4n) is 5.35. The van der Waals surface area contributed by atoms with Gasteiger partial charge in [0.15, 0.2) is 5.78 Å². The number of ketones is 1. The summed E-state index contributed by atoms with van der Waals surface area (Å²) in [5.41, 5.74) is 2.43. The Morgan fingerprint density at radius 1 is 1.17 bits per heavy atom. The van der Waals surface area contributed by atoms with Crippen molar-refractivity contribution in [2.75, 3.05) is 0 Å². The lowest BCUT2D eigenvalue weighted by Crippen LogP contribution is -2.46. The Labute approximate surface area is 249 Å². The Bertz CT molecular complexity index is 1620. The van der Waals surface area contributed by atoms with Crippen molar-refractivity contribution in [2.24, 2.45) is 5.92 Å². The predicted octanol–water partition coefficient (Wildman–Crippen LogP) is 6.56. The highest BCUT2D eigenvalue weighted by Crippen LogP contribution is 2.45. The summed E-state index contributed by atoms with van der Waals surface area (Å²) in [4.78, 5) is 45.7. The molecular weight excluding hydrogens is 620 g/mol. The van der Waals surface area contributed by atoms with E-state index in [9.17, 15) is 23.2 Å². The van der Waals surface area contributed by atoms with Gasteiger partial charge in [-0.3, -0.25) is 14.4 Å². The first-order chi connectivity index (χ1) is 19.3. The highest BCUT2D eigenvalue weighted by molar-refractivity contribution is 9.10. The number of nitrogens with zero attached hydrogens (tertiary/aromatic N) is 3. The molecule has 2 aliphatic rings. The van der Waals surface area contributed by atoms with Gasteiger partial charge in [0.1, 0.15) is 6.10 Å². The molecule has 2 heterocycles. The summed E-state index contributed by atoms with van der Waals surface area (Å²) in [7, 11) is 0. The molecule has 2 aromatic carbocycles. The molecule has 1 aliphatic carbocycles. The number of benzene rings is 2. The number of aromatic nitrogens is 2. The number of fused-ring (bicyclic) bond motifs is 1. The van der Waals surface area contributed by atoms with Gasteiger partial charge in [0.25, 0.3) is 11.5 Å². The molecule has 11 heteroatoms. The van der Waals surface area contributed by atoms with Crippen molar-refractivity contribution in [3.8, 4) is 11.7 Å². The van der Waals surface area contributed by atoms with Crippen molar-refractivity contribution in [3.63, 3.8) is 0 Å². The molecule has 3 aromatic rings. The molecule has 2 atom stereocenters. The molecule has 7 nitrogen and oxygen atoms in total. The largest absolute Gasteiger partial charge is 0.461 e. The predicted molar refractivity (Wildman–Crippen MR) is 155 cm³/mol. The van der Waals surface area contributed by atoms with Crippen molar-refractivity contribution < 1.29 is 23.1 Å². The van der Waals surface area contributed by atoms with E-state index in [2.05, 4.69) is 20.9 Å². The van der Waals surface area contributed by atoms with Crippen LogP contribution in [-0.4, -0.2) is 44.2 Å². The minimum atomic E-state index is -2.74. The number of alkyl halides is 2. The van der Waals surface area contributed by atoms with Gasteiger partial charge in [0, 0.05) is 46.0 Å². The number of carbonyl (C=O) groups is 2. The van der Waals surface area contributed by atoms with Crippen molar-refractivity contribution >= 4 is 39.2 Å². The van der Waals surface area contributed by atoms with Gasteiger partial charge in [-0.2, -0.15) is 4.98 Å². The first kappa shape index (κ1) is 29.4. The van der Waals surface area contributed by atoms with E-state index in [0.717, 1.165) is 10.0 Å². The maximum atomic E-state index is 14.0. The quantitative estimate of drug-likeness (QED) is 0.283. The third-order valence-electron chi connectivity index (χ3n) is 7.92. The van der Waals surface area contributed by atoms with Gasteiger partial charge in [-0.05, 0) is 76.1 Å². The average molecular weight is 649 g/mol. The van der Waals surface area contributed by atoms with Gasteiger partial charge >= 0.3 is 6.01 Å². The SMILES string of the molecule is CC(=O)c1ccc(-n2c(OC(C)C3CC(F)(F)C3)nc3c(c2=O)CC(C)N(C(=O)c2ccc(Br)c(C)c2)C3)c(Cl)c1. The maximum Gasteiger partial charge on any atom is 0.304 e. The fourth-order valence-corrected chi connectivity index (χ4v) is 5.86. The van der Waals surface area contributed by atoms with Gasteiger partial charge in [-0.1, -0.05) is 27.5 Å². The number of carbonyl (C=O) groups excluding carboxylic acids is 2. The molecule has 1 saturated carbocycles. The highest BCUT2D eigenvalue weighted by Gasteiger charge is 2.48. The second-order valence-corrected chi connectivity index (χ2v) is 12.2. The maximum absolute atomic E-state index is 14.0. The Morgan fingerprint density at radius 3 is 2.46 bits per heavy atom. The zero-order chi connectivity index (χ0) is 29.8. The topological polar surface area (TPSA) is 81.5 Å². The molecule has 2 unspecified atom stereocenters. The molecule has 0 bridgehead atoms. The van der Waals surface area contributed by atoms with E-state index in [4.69, 9.17) is 16.3 Å². The normalized spacial score (nSPS) is 18.8. The van der Waals surface area contributed by atoms with Crippen LogP contribution in [0.5, 0.6) is 6.01 Å². The monoisotopic (exact) mass is 647 g/mol. The smallest absolute Gasteiger partial charge is 0.304 e. The summed E-state index contributed by atoms with van der Waals surface area (Å²) in [6.45, 7) is 6.92. The van der Waals surface area contributed by atoms with Crippen molar-refractivity contribution in [2.45, 2.75) is 71.6 Å². The van der Waals surface area contributed by atoms with Crippen LogP contribution < -0.4 is 10.3 Å². The molecule has 41 heavy (non-hydrogen) atoms. The van der Waals surface area contributed by atoms with Gasteiger partial charge in [0.2, 0.25) is 5.92 Å². The Morgan fingerprint density at radius 2 is 1.85 bits per heavy atom. The first-order valence-corrected chi connectivity index (χ1v) is 14.5. The number of rotatable bonds is 6. The van der Waals surface area contributed by atoms with E-state index >= 15 is 0 Å². The van der Waals surface area contributed by atoms with Crippen LogP contribution in [0.1, 0.15) is 71.1 Å². The zero-order valence-electron chi connectivity index (χ0n) is 23.0. The van der Waals surface area contributed by atoms with Gasteiger partial charge in [0.05, 0.1) is 22.9 Å². The lowest BCUT2D eigenvalue weighted by Gasteiger charge is -2.39. The number of amides is 1. The van der Waals surface area contributed by atoms with Gasteiger partial charge in [-0.25, -0.2) is 13.3 Å². The van der Waals surface area contributed by atoms with E-state index < -0.39 is 23.5 Å². The number of hydrogen-bond acceptors (Lipinski definition) is 5. The van der Waals surface area contributed by atoms with Crippen LogP contribution in [0.4, 0.5) is 8.78 Å². The van der Waals surface area contributed by atoms with E-state index in [-0.39, 0.29) is 60.3 Å². The molecule has 216 valence electrons. The summed E-state index contributed by atoms with van der Waals surface area (Å²) in [6.07, 6.45) is -1.05. The Balaban J connectivity index is 1.57. The van der Waals surface area contributed by atoms with Crippen LogP contribution in [0.25, 0.3) is 5.69 Å².